The van der Waals surface area contributed by atoms with Crippen LogP contribution in [0.15, 0.2) is 24.3 Å². The number of hydrogen-bond acceptors (Lipinski definition) is 4. The summed E-state index contributed by atoms with van der Waals surface area (Å²) >= 11 is 1.51. The summed E-state index contributed by atoms with van der Waals surface area (Å²) in [6, 6.07) is 7.06. The Morgan fingerprint density at radius 3 is 2.62 bits per heavy atom. The SMILES string of the molecule is CNC(=O)c1c(NC(=O)c2ccccc2OC)sc2c1CCCC2. The van der Waals surface area contributed by atoms with Crippen LogP contribution >= 0.6 is 11.3 Å². The van der Waals surface area contributed by atoms with E-state index in [9.17, 15) is 9.59 Å². The van der Waals surface area contributed by atoms with Gasteiger partial charge in [-0.15, -0.1) is 11.3 Å². The quantitative estimate of drug-likeness (QED) is 0.895. The van der Waals surface area contributed by atoms with E-state index in [4.69, 9.17) is 4.74 Å². The van der Waals surface area contributed by atoms with E-state index in [1.807, 2.05) is 6.07 Å². The van der Waals surface area contributed by atoms with Gasteiger partial charge in [0.2, 0.25) is 0 Å². The summed E-state index contributed by atoms with van der Waals surface area (Å²) in [6.45, 7) is 0. The Kier molecular flexibility index (Phi) is 4.85. The van der Waals surface area contributed by atoms with Gasteiger partial charge in [0, 0.05) is 11.9 Å². The second-order valence-corrected chi connectivity index (χ2v) is 6.75. The third kappa shape index (κ3) is 3.01. The molecule has 1 aromatic heterocycles. The van der Waals surface area contributed by atoms with Crippen molar-refractivity contribution in [1.29, 1.82) is 0 Å². The van der Waals surface area contributed by atoms with E-state index in [1.165, 1.54) is 23.3 Å². The Hall–Kier alpha value is -2.34. The zero-order valence-electron chi connectivity index (χ0n) is 13.8. The first-order valence-corrected chi connectivity index (χ1v) is 8.78. The number of rotatable bonds is 4. The number of thiophene rings is 1. The Morgan fingerprint density at radius 2 is 1.88 bits per heavy atom. The van der Waals surface area contributed by atoms with Crippen molar-refractivity contribution in [2.45, 2.75) is 25.7 Å². The molecule has 24 heavy (non-hydrogen) atoms. The van der Waals surface area contributed by atoms with Gasteiger partial charge in [0.1, 0.15) is 10.8 Å². The molecule has 3 rings (SSSR count). The number of nitrogens with one attached hydrogen (secondary N) is 2. The van der Waals surface area contributed by atoms with Crippen LogP contribution in [0.2, 0.25) is 0 Å². The van der Waals surface area contributed by atoms with Crippen molar-refractivity contribution in [3.63, 3.8) is 0 Å². The summed E-state index contributed by atoms with van der Waals surface area (Å²) in [5, 5.41) is 6.22. The molecule has 0 atom stereocenters. The number of hydrogen-bond donors (Lipinski definition) is 2. The van der Waals surface area contributed by atoms with Gasteiger partial charge >= 0.3 is 0 Å². The van der Waals surface area contributed by atoms with Crippen LogP contribution in [-0.4, -0.2) is 26.0 Å². The average Bonchev–Trinajstić information content (AvgIpc) is 2.98. The molecule has 5 nitrogen and oxygen atoms in total. The molecule has 1 heterocycles. The highest BCUT2D eigenvalue weighted by Gasteiger charge is 2.26. The number of benzene rings is 1. The van der Waals surface area contributed by atoms with Crippen LogP contribution in [0.25, 0.3) is 0 Å². The molecule has 2 amide bonds. The van der Waals surface area contributed by atoms with Crippen LogP contribution in [0.4, 0.5) is 5.00 Å². The van der Waals surface area contributed by atoms with Gasteiger partial charge in [0.25, 0.3) is 11.8 Å². The molecule has 0 bridgehead atoms. The van der Waals surface area contributed by atoms with Crippen molar-refractivity contribution < 1.29 is 14.3 Å². The predicted octanol–water partition coefficient (Wildman–Crippen LogP) is 3.25. The summed E-state index contributed by atoms with van der Waals surface area (Å²) in [5.41, 5.74) is 2.15. The number of amides is 2. The summed E-state index contributed by atoms with van der Waals surface area (Å²) < 4.78 is 5.25. The van der Waals surface area contributed by atoms with E-state index < -0.39 is 0 Å². The van der Waals surface area contributed by atoms with Crippen LogP contribution in [0.5, 0.6) is 5.75 Å². The van der Waals surface area contributed by atoms with E-state index >= 15 is 0 Å². The van der Waals surface area contributed by atoms with Gasteiger partial charge in [-0.1, -0.05) is 12.1 Å². The number of methoxy groups -OCH3 is 1. The molecule has 1 aromatic carbocycles. The molecule has 6 heteroatoms. The monoisotopic (exact) mass is 344 g/mol. The lowest BCUT2D eigenvalue weighted by molar-refractivity contribution is 0.0963. The van der Waals surface area contributed by atoms with Crippen molar-refractivity contribution >= 4 is 28.2 Å². The second-order valence-electron chi connectivity index (χ2n) is 5.65. The van der Waals surface area contributed by atoms with Gasteiger partial charge in [-0.25, -0.2) is 0 Å². The van der Waals surface area contributed by atoms with Crippen LogP contribution in [0.3, 0.4) is 0 Å². The third-order valence-corrected chi connectivity index (χ3v) is 5.41. The average molecular weight is 344 g/mol. The fraction of sp³-hybridized carbons (Fsp3) is 0.333. The standard InChI is InChI=1S/C18H20N2O3S/c1-19-17(22)15-12-8-4-6-10-14(12)24-18(15)20-16(21)11-7-3-5-9-13(11)23-2/h3,5,7,9H,4,6,8,10H2,1-2H3,(H,19,22)(H,20,21). The van der Waals surface area contributed by atoms with Gasteiger partial charge in [-0.3, -0.25) is 9.59 Å². The molecule has 0 fully saturated rings. The number of carbonyl (C=O) groups excluding carboxylic acids is 2. The maximum atomic E-state index is 12.7. The largest absolute Gasteiger partial charge is 0.496 e. The van der Waals surface area contributed by atoms with E-state index in [2.05, 4.69) is 10.6 Å². The van der Waals surface area contributed by atoms with Crippen LogP contribution in [0.1, 0.15) is 44.0 Å². The normalized spacial score (nSPS) is 13.1. The molecule has 0 radical (unpaired) electrons. The lowest BCUT2D eigenvalue weighted by Gasteiger charge is -2.12. The highest BCUT2D eigenvalue weighted by atomic mass is 32.1. The number of carbonyl (C=O) groups is 2. The fourth-order valence-corrected chi connectivity index (χ4v) is 4.30. The number of anilines is 1. The third-order valence-electron chi connectivity index (χ3n) is 4.20. The minimum absolute atomic E-state index is 0.148. The predicted molar refractivity (Wildman–Crippen MR) is 95.3 cm³/mol. The number of aryl methyl sites for hydroxylation is 1. The minimum atomic E-state index is -0.267. The minimum Gasteiger partial charge on any atom is -0.496 e. The zero-order valence-corrected chi connectivity index (χ0v) is 14.6. The van der Waals surface area contributed by atoms with Crippen LogP contribution in [0, 0.1) is 0 Å². The molecule has 1 aliphatic rings. The van der Waals surface area contributed by atoms with Gasteiger partial charge in [0.05, 0.1) is 18.2 Å². The highest BCUT2D eigenvalue weighted by molar-refractivity contribution is 7.17. The van der Waals surface area contributed by atoms with E-state index in [1.54, 1.807) is 25.2 Å². The van der Waals surface area contributed by atoms with Gasteiger partial charge in [-0.2, -0.15) is 0 Å². The number of para-hydroxylation sites is 1. The fourth-order valence-electron chi connectivity index (χ4n) is 3.02. The Labute approximate surface area is 145 Å². The Morgan fingerprint density at radius 1 is 1.12 bits per heavy atom. The second kappa shape index (κ2) is 7.05. The lowest BCUT2D eigenvalue weighted by Crippen LogP contribution is -2.22. The number of ether oxygens (including phenoxy) is 1. The first-order chi connectivity index (χ1) is 11.7. The van der Waals surface area contributed by atoms with Crippen molar-refractivity contribution in [2.24, 2.45) is 0 Å². The van der Waals surface area contributed by atoms with Gasteiger partial charge in [-0.05, 0) is 43.4 Å². The van der Waals surface area contributed by atoms with Gasteiger partial charge in [0.15, 0.2) is 0 Å². The van der Waals surface area contributed by atoms with Crippen molar-refractivity contribution in [3.8, 4) is 5.75 Å². The Bertz CT molecular complexity index is 783. The maximum absolute atomic E-state index is 12.7. The lowest BCUT2D eigenvalue weighted by atomic mass is 9.95. The molecule has 0 saturated carbocycles. The van der Waals surface area contributed by atoms with Crippen molar-refractivity contribution in [2.75, 3.05) is 19.5 Å². The highest BCUT2D eigenvalue weighted by Crippen LogP contribution is 2.38. The molecule has 126 valence electrons. The van der Waals surface area contributed by atoms with Crippen LogP contribution in [-0.2, 0) is 12.8 Å². The van der Waals surface area contributed by atoms with Crippen molar-refractivity contribution in [1.82, 2.24) is 5.32 Å². The molecule has 0 spiro atoms. The molecule has 0 aliphatic heterocycles. The molecular weight excluding hydrogens is 324 g/mol. The summed E-state index contributed by atoms with van der Waals surface area (Å²) in [6.07, 6.45) is 4.06. The molecule has 2 aromatic rings. The first kappa shape index (κ1) is 16.5. The maximum Gasteiger partial charge on any atom is 0.260 e. The molecule has 0 unspecified atom stereocenters. The first-order valence-electron chi connectivity index (χ1n) is 7.96. The molecule has 1 aliphatic carbocycles. The van der Waals surface area contributed by atoms with E-state index in [0.29, 0.717) is 21.9 Å². The molecular formula is C18H20N2O3S. The molecule has 0 saturated heterocycles. The summed E-state index contributed by atoms with van der Waals surface area (Å²) in [4.78, 5) is 26.2. The van der Waals surface area contributed by atoms with E-state index in [0.717, 1.165) is 31.2 Å². The number of fused-ring (bicyclic) bond motifs is 1. The molecule has 2 N–H and O–H groups in total. The summed E-state index contributed by atoms with van der Waals surface area (Å²) in [7, 11) is 3.15. The zero-order chi connectivity index (χ0) is 17.1. The Balaban J connectivity index is 1.96. The van der Waals surface area contributed by atoms with E-state index in [-0.39, 0.29) is 11.8 Å². The topological polar surface area (TPSA) is 67.4 Å². The van der Waals surface area contributed by atoms with Crippen molar-refractivity contribution in [3.05, 3.63) is 45.8 Å². The smallest absolute Gasteiger partial charge is 0.260 e. The van der Waals surface area contributed by atoms with Gasteiger partial charge < -0.3 is 15.4 Å². The summed E-state index contributed by atoms with van der Waals surface area (Å²) in [5.74, 6) is 0.0961. The van der Waals surface area contributed by atoms with Crippen LogP contribution < -0.4 is 15.4 Å².